The van der Waals surface area contributed by atoms with Crippen LogP contribution in [0.15, 0.2) is 24.3 Å². The minimum Gasteiger partial charge on any atom is -0.381 e. The molecule has 0 bridgehead atoms. The molecule has 0 spiro atoms. The Morgan fingerprint density at radius 1 is 1.33 bits per heavy atom. The van der Waals surface area contributed by atoms with Crippen molar-refractivity contribution in [3.8, 4) is 0 Å². The number of ether oxygens (including phenoxy) is 1. The van der Waals surface area contributed by atoms with Crippen molar-refractivity contribution in [3.05, 3.63) is 35.4 Å². The number of carbonyl (C=O) groups is 1. The maximum atomic E-state index is 12.0. The fourth-order valence-corrected chi connectivity index (χ4v) is 4.14. The van der Waals surface area contributed by atoms with Gasteiger partial charge in [0.15, 0.2) is 0 Å². The van der Waals surface area contributed by atoms with Gasteiger partial charge in [0.25, 0.3) is 0 Å². The molecule has 1 aliphatic rings. The first-order valence-electron chi connectivity index (χ1n) is 8.23. The lowest BCUT2D eigenvalue weighted by Gasteiger charge is -2.32. The molecule has 1 aromatic carbocycles. The largest absolute Gasteiger partial charge is 0.381 e. The van der Waals surface area contributed by atoms with Gasteiger partial charge in [0, 0.05) is 32.3 Å². The summed E-state index contributed by atoms with van der Waals surface area (Å²) in [5.41, 5.74) is 2.07. The van der Waals surface area contributed by atoms with Crippen LogP contribution in [0, 0.1) is 6.92 Å². The topological polar surface area (TPSA) is 75.7 Å². The van der Waals surface area contributed by atoms with Gasteiger partial charge in [-0.1, -0.05) is 29.8 Å². The van der Waals surface area contributed by atoms with Gasteiger partial charge in [-0.05, 0) is 25.3 Å². The standard InChI is InChI=1S/C17H26N2O4S/c1-14-4-3-5-15(12-14)13-17(20)18-8-9-19(24(2,21)22)16-6-10-23-11-7-16/h3-5,12,16H,6-11,13H2,1-2H3,(H,18,20). The molecule has 0 saturated carbocycles. The van der Waals surface area contributed by atoms with E-state index in [9.17, 15) is 13.2 Å². The van der Waals surface area contributed by atoms with E-state index in [0.29, 0.717) is 45.6 Å². The third-order valence-corrected chi connectivity index (χ3v) is 5.46. The lowest BCUT2D eigenvalue weighted by atomic mass is 10.1. The van der Waals surface area contributed by atoms with Gasteiger partial charge in [-0.2, -0.15) is 4.31 Å². The molecule has 6 nitrogen and oxygen atoms in total. The van der Waals surface area contributed by atoms with Crippen molar-refractivity contribution in [2.24, 2.45) is 0 Å². The van der Waals surface area contributed by atoms with Crippen molar-refractivity contribution in [1.82, 2.24) is 9.62 Å². The number of amides is 1. The normalized spacial score (nSPS) is 16.3. The molecule has 1 aliphatic heterocycles. The van der Waals surface area contributed by atoms with Crippen LogP contribution in [0.2, 0.25) is 0 Å². The SMILES string of the molecule is Cc1cccc(CC(=O)NCCN(C2CCOCC2)S(C)(=O)=O)c1. The minimum absolute atomic E-state index is 0.0394. The molecule has 2 rings (SSSR count). The molecule has 0 unspecified atom stereocenters. The smallest absolute Gasteiger partial charge is 0.224 e. The minimum atomic E-state index is -3.30. The van der Waals surface area contributed by atoms with Gasteiger partial charge in [0.2, 0.25) is 15.9 Å². The summed E-state index contributed by atoms with van der Waals surface area (Å²) in [7, 11) is -3.30. The first-order chi connectivity index (χ1) is 11.4. The molecule has 0 atom stereocenters. The van der Waals surface area contributed by atoms with Gasteiger partial charge < -0.3 is 10.1 Å². The molecule has 134 valence electrons. The average Bonchev–Trinajstić information content (AvgIpc) is 2.51. The predicted octanol–water partition coefficient (Wildman–Crippen LogP) is 1.09. The summed E-state index contributed by atoms with van der Waals surface area (Å²) in [4.78, 5) is 12.0. The quantitative estimate of drug-likeness (QED) is 0.795. The van der Waals surface area contributed by atoms with Crippen molar-refractivity contribution >= 4 is 15.9 Å². The lowest BCUT2D eigenvalue weighted by Crippen LogP contribution is -2.46. The monoisotopic (exact) mass is 354 g/mol. The molecular weight excluding hydrogens is 328 g/mol. The molecule has 1 heterocycles. The maximum absolute atomic E-state index is 12.0. The Labute approximate surface area is 144 Å². The number of hydrogen-bond donors (Lipinski definition) is 1. The number of carbonyl (C=O) groups excluding carboxylic acids is 1. The van der Waals surface area contributed by atoms with E-state index in [1.165, 1.54) is 10.6 Å². The van der Waals surface area contributed by atoms with Gasteiger partial charge in [-0.15, -0.1) is 0 Å². The number of aryl methyl sites for hydroxylation is 1. The van der Waals surface area contributed by atoms with Crippen LogP contribution in [-0.4, -0.2) is 57.2 Å². The fraction of sp³-hybridized carbons (Fsp3) is 0.588. The van der Waals surface area contributed by atoms with Gasteiger partial charge in [0.1, 0.15) is 0 Å². The molecule has 1 N–H and O–H groups in total. The zero-order valence-electron chi connectivity index (χ0n) is 14.3. The summed E-state index contributed by atoms with van der Waals surface area (Å²) in [6, 6.07) is 7.76. The number of nitrogens with zero attached hydrogens (tertiary/aromatic N) is 1. The summed E-state index contributed by atoms with van der Waals surface area (Å²) in [5, 5.41) is 2.82. The summed E-state index contributed by atoms with van der Waals surface area (Å²) in [6.45, 7) is 3.75. The second-order valence-electron chi connectivity index (χ2n) is 6.23. The second-order valence-corrected chi connectivity index (χ2v) is 8.17. The van der Waals surface area contributed by atoms with E-state index in [4.69, 9.17) is 4.74 Å². The van der Waals surface area contributed by atoms with Crippen LogP contribution >= 0.6 is 0 Å². The highest BCUT2D eigenvalue weighted by Gasteiger charge is 2.28. The third kappa shape index (κ3) is 5.89. The highest BCUT2D eigenvalue weighted by atomic mass is 32.2. The van der Waals surface area contributed by atoms with Crippen LogP contribution in [0.5, 0.6) is 0 Å². The fourth-order valence-electron chi connectivity index (χ4n) is 2.97. The van der Waals surface area contributed by atoms with Crippen LogP contribution < -0.4 is 5.32 Å². The summed E-state index contributed by atoms with van der Waals surface area (Å²) >= 11 is 0. The van der Waals surface area contributed by atoms with Gasteiger partial charge in [0.05, 0.1) is 12.7 Å². The Hall–Kier alpha value is -1.44. The van der Waals surface area contributed by atoms with E-state index in [1.807, 2.05) is 31.2 Å². The zero-order valence-corrected chi connectivity index (χ0v) is 15.1. The van der Waals surface area contributed by atoms with Crippen molar-refractivity contribution in [2.45, 2.75) is 32.2 Å². The number of benzene rings is 1. The Kier molecular flexibility index (Phi) is 6.77. The van der Waals surface area contributed by atoms with Gasteiger partial charge >= 0.3 is 0 Å². The highest BCUT2D eigenvalue weighted by Crippen LogP contribution is 2.16. The average molecular weight is 354 g/mol. The summed E-state index contributed by atoms with van der Waals surface area (Å²) < 4.78 is 30.8. The molecule has 24 heavy (non-hydrogen) atoms. The lowest BCUT2D eigenvalue weighted by molar-refractivity contribution is -0.120. The maximum Gasteiger partial charge on any atom is 0.224 e. The van der Waals surface area contributed by atoms with Gasteiger partial charge in [-0.3, -0.25) is 4.79 Å². The molecule has 0 aromatic heterocycles. The molecule has 7 heteroatoms. The van der Waals surface area contributed by atoms with Crippen molar-refractivity contribution in [2.75, 3.05) is 32.6 Å². The molecule has 1 fully saturated rings. The van der Waals surface area contributed by atoms with E-state index in [-0.39, 0.29) is 11.9 Å². The third-order valence-electron chi connectivity index (χ3n) is 4.13. The van der Waals surface area contributed by atoms with E-state index in [1.54, 1.807) is 0 Å². The Balaban J connectivity index is 1.84. The van der Waals surface area contributed by atoms with Crippen LogP contribution in [0.3, 0.4) is 0 Å². The second kappa shape index (κ2) is 8.60. The predicted molar refractivity (Wildman–Crippen MR) is 93.3 cm³/mol. The zero-order chi connectivity index (χ0) is 17.6. The van der Waals surface area contributed by atoms with Gasteiger partial charge in [-0.25, -0.2) is 8.42 Å². The van der Waals surface area contributed by atoms with E-state index < -0.39 is 10.0 Å². The van der Waals surface area contributed by atoms with E-state index in [2.05, 4.69) is 5.32 Å². The number of nitrogens with one attached hydrogen (secondary N) is 1. The number of hydrogen-bond acceptors (Lipinski definition) is 4. The van der Waals surface area contributed by atoms with Crippen molar-refractivity contribution in [3.63, 3.8) is 0 Å². The Morgan fingerprint density at radius 3 is 2.67 bits per heavy atom. The summed E-state index contributed by atoms with van der Waals surface area (Å²) in [5.74, 6) is -0.0963. The Bertz CT molecular complexity index is 654. The number of rotatable bonds is 7. The summed E-state index contributed by atoms with van der Waals surface area (Å²) in [6.07, 6.45) is 2.92. The first-order valence-corrected chi connectivity index (χ1v) is 10.1. The number of sulfonamides is 1. The van der Waals surface area contributed by atoms with Crippen molar-refractivity contribution in [1.29, 1.82) is 0 Å². The van der Waals surface area contributed by atoms with Crippen LogP contribution in [0.25, 0.3) is 0 Å². The van der Waals surface area contributed by atoms with Crippen LogP contribution in [0.1, 0.15) is 24.0 Å². The van der Waals surface area contributed by atoms with Crippen LogP contribution in [-0.2, 0) is 26.0 Å². The first kappa shape index (κ1) is 18.9. The Morgan fingerprint density at radius 2 is 2.04 bits per heavy atom. The van der Waals surface area contributed by atoms with Crippen molar-refractivity contribution < 1.29 is 17.9 Å². The van der Waals surface area contributed by atoms with E-state index in [0.717, 1.165) is 11.1 Å². The highest BCUT2D eigenvalue weighted by molar-refractivity contribution is 7.88. The van der Waals surface area contributed by atoms with E-state index >= 15 is 0 Å². The molecule has 1 amide bonds. The van der Waals surface area contributed by atoms with Crippen LogP contribution in [0.4, 0.5) is 0 Å². The molecule has 1 saturated heterocycles. The molecule has 0 aliphatic carbocycles. The molecule has 0 radical (unpaired) electrons. The molecule has 1 aromatic rings. The molecular formula is C17H26N2O4S.